The fraction of sp³-hybridized carbons (Fsp3) is 0.312. The monoisotopic (exact) mass is 352 g/mol. The Morgan fingerprint density at radius 3 is 2.48 bits per heavy atom. The second kappa shape index (κ2) is 6.71. The smallest absolute Gasteiger partial charge is 0.307 e. The van der Waals surface area contributed by atoms with Crippen LogP contribution in [0.3, 0.4) is 0 Å². The van der Waals surface area contributed by atoms with E-state index in [4.69, 9.17) is 27.9 Å². The number of nitriles is 1. The summed E-state index contributed by atoms with van der Waals surface area (Å²) in [6, 6.07) is 6.97. The molecule has 2 rings (SSSR count). The van der Waals surface area contributed by atoms with Gasteiger partial charge in [0.25, 0.3) is 0 Å². The molecule has 2 unspecified atom stereocenters. The van der Waals surface area contributed by atoms with Crippen LogP contribution in [-0.4, -0.2) is 16.8 Å². The Morgan fingerprint density at radius 1 is 1.39 bits per heavy atom. The average molecular weight is 353 g/mol. The van der Waals surface area contributed by atoms with Gasteiger partial charge in [-0.05, 0) is 43.7 Å². The Hall–Kier alpha value is -1.87. The Morgan fingerprint density at radius 2 is 2.00 bits per heavy atom. The van der Waals surface area contributed by atoms with Crippen LogP contribution in [0.1, 0.15) is 19.4 Å². The lowest BCUT2D eigenvalue weighted by Crippen LogP contribution is -2.48. The molecular formula is C16H14Cl2N2O3. The minimum absolute atomic E-state index is 0.406. The highest BCUT2D eigenvalue weighted by Gasteiger charge is 2.52. The third kappa shape index (κ3) is 3.25. The van der Waals surface area contributed by atoms with Crippen LogP contribution in [0.15, 0.2) is 36.4 Å². The summed E-state index contributed by atoms with van der Waals surface area (Å²) in [6.45, 7) is 3.36. The number of allylic oxidation sites excluding steroid dienone is 2. The zero-order chi connectivity index (χ0) is 17.2. The van der Waals surface area contributed by atoms with Crippen LogP contribution in [0.4, 0.5) is 0 Å². The Labute approximate surface area is 143 Å². The number of halogens is 2. The molecule has 0 N–H and O–H groups in total. The van der Waals surface area contributed by atoms with Crippen LogP contribution in [0, 0.1) is 27.4 Å². The second-order valence-corrected chi connectivity index (χ2v) is 6.15. The number of hydrogen-bond acceptors (Lipinski definition) is 4. The summed E-state index contributed by atoms with van der Waals surface area (Å²) in [4.78, 5) is 11.0. The van der Waals surface area contributed by atoms with Gasteiger partial charge in [0.15, 0.2) is 5.92 Å². The molecule has 2 atom stereocenters. The summed E-state index contributed by atoms with van der Waals surface area (Å²) < 4.78 is 5.47. The molecule has 1 aliphatic carbocycles. The summed E-state index contributed by atoms with van der Waals surface area (Å²) in [6.07, 6.45) is 3.86. The fourth-order valence-electron chi connectivity index (χ4n) is 2.44. The van der Waals surface area contributed by atoms with Gasteiger partial charge in [-0.1, -0.05) is 29.3 Å². The van der Waals surface area contributed by atoms with Crippen molar-refractivity contribution in [3.63, 3.8) is 0 Å². The topological polar surface area (TPSA) is 76.2 Å². The van der Waals surface area contributed by atoms with Crippen molar-refractivity contribution >= 4 is 28.8 Å². The quantitative estimate of drug-likeness (QED) is 0.454. The van der Waals surface area contributed by atoms with E-state index in [1.807, 2.05) is 6.07 Å². The number of nitrogens with zero attached hydrogens (tertiary/aromatic N) is 2. The van der Waals surface area contributed by atoms with Gasteiger partial charge in [-0.3, -0.25) is 10.1 Å². The third-order valence-electron chi connectivity index (χ3n) is 3.39. The van der Waals surface area contributed by atoms with E-state index in [2.05, 4.69) is 0 Å². The molecule has 0 bridgehead atoms. The van der Waals surface area contributed by atoms with Gasteiger partial charge in [0.2, 0.25) is 0 Å². The van der Waals surface area contributed by atoms with Gasteiger partial charge in [-0.25, -0.2) is 0 Å². The van der Waals surface area contributed by atoms with E-state index in [1.165, 1.54) is 18.2 Å². The third-order valence-corrected chi connectivity index (χ3v) is 4.02. The molecule has 0 amide bonds. The number of rotatable bonds is 4. The standard InChI is InChI=1S/C16H14Cl2N2O3/c1-10(2)23-16(20(21)22)7-6-11(8-12(16)9-19)15-13(17)4-3-5-14(15)18/h3-8,10,12H,1-2H3. The molecule has 5 nitrogen and oxygen atoms in total. The SMILES string of the molecule is CC(C)OC1([N+](=O)[O-])C=CC(c2c(Cl)cccc2Cl)=CC1C#N. The molecule has 1 aromatic rings. The van der Waals surface area contributed by atoms with Crippen molar-refractivity contribution in [3.05, 3.63) is 62.2 Å². The molecular weight excluding hydrogens is 339 g/mol. The Balaban J connectivity index is 2.53. The van der Waals surface area contributed by atoms with E-state index in [1.54, 1.807) is 32.0 Å². The van der Waals surface area contributed by atoms with Crippen molar-refractivity contribution in [3.8, 4) is 6.07 Å². The molecule has 120 valence electrons. The molecule has 0 aliphatic heterocycles. The van der Waals surface area contributed by atoms with Crippen LogP contribution in [0.5, 0.6) is 0 Å². The largest absolute Gasteiger partial charge is 0.364 e. The predicted octanol–water partition coefficient (Wildman–Crippen LogP) is 4.48. The molecule has 0 aromatic heterocycles. The van der Waals surface area contributed by atoms with Crippen molar-refractivity contribution in [1.29, 1.82) is 5.26 Å². The second-order valence-electron chi connectivity index (χ2n) is 5.33. The Bertz CT molecular complexity index is 717. The van der Waals surface area contributed by atoms with E-state index in [-0.39, 0.29) is 0 Å². The first-order valence-corrected chi connectivity index (χ1v) is 7.64. The maximum atomic E-state index is 11.6. The summed E-state index contributed by atoms with van der Waals surface area (Å²) in [7, 11) is 0. The highest BCUT2D eigenvalue weighted by Crippen LogP contribution is 2.39. The minimum atomic E-state index is -1.92. The molecule has 23 heavy (non-hydrogen) atoms. The molecule has 0 saturated heterocycles. The first-order valence-electron chi connectivity index (χ1n) is 6.89. The first kappa shape index (κ1) is 17.5. The van der Waals surface area contributed by atoms with Gasteiger partial charge < -0.3 is 4.74 Å². The van der Waals surface area contributed by atoms with Crippen LogP contribution < -0.4 is 0 Å². The minimum Gasteiger partial charge on any atom is -0.307 e. The van der Waals surface area contributed by atoms with Gasteiger partial charge >= 0.3 is 5.72 Å². The number of ether oxygens (including phenoxy) is 1. The van der Waals surface area contributed by atoms with E-state index in [9.17, 15) is 15.4 Å². The van der Waals surface area contributed by atoms with E-state index >= 15 is 0 Å². The van der Waals surface area contributed by atoms with E-state index in [0.717, 1.165) is 0 Å². The van der Waals surface area contributed by atoms with Crippen LogP contribution in [0.2, 0.25) is 10.0 Å². The maximum Gasteiger partial charge on any atom is 0.364 e. The zero-order valence-electron chi connectivity index (χ0n) is 12.5. The summed E-state index contributed by atoms with van der Waals surface area (Å²) in [5.41, 5.74) is -0.828. The van der Waals surface area contributed by atoms with E-state index in [0.29, 0.717) is 21.2 Å². The average Bonchev–Trinajstić information content (AvgIpc) is 2.47. The van der Waals surface area contributed by atoms with Crippen molar-refractivity contribution in [1.82, 2.24) is 0 Å². The number of benzene rings is 1. The molecule has 0 saturated carbocycles. The van der Waals surface area contributed by atoms with Crippen molar-refractivity contribution in [2.24, 2.45) is 5.92 Å². The molecule has 0 heterocycles. The number of nitro groups is 1. The summed E-state index contributed by atoms with van der Waals surface area (Å²) in [5, 5.41) is 21.8. The first-order chi connectivity index (χ1) is 10.8. The molecule has 1 aliphatic rings. The lowest BCUT2D eigenvalue weighted by molar-refractivity contribution is -0.622. The van der Waals surface area contributed by atoms with Gasteiger partial charge in [0, 0.05) is 21.7 Å². The lowest BCUT2D eigenvalue weighted by Gasteiger charge is -2.29. The van der Waals surface area contributed by atoms with Crippen molar-refractivity contribution in [2.75, 3.05) is 0 Å². The van der Waals surface area contributed by atoms with Gasteiger partial charge in [0.05, 0.1) is 17.1 Å². The molecule has 0 radical (unpaired) electrons. The zero-order valence-corrected chi connectivity index (χ0v) is 14.0. The fourth-order valence-corrected chi connectivity index (χ4v) is 3.06. The van der Waals surface area contributed by atoms with Crippen LogP contribution >= 0.6 is 23.2 Å². The maximum absolute atomic E-state index is 11.6. The molecule has 1 aromatic carbocycles. The molecule has 7 heteroatoms. The summed E-state index contributed by atoms with van der Waals surface area (Å²) in [5.74, 6) is -1.10. The predicted molar refractivity (Wildman–Crippen MR) is 88.6 cm³/mol. The van der Waals surface area contributed by atoms with Crippen LogP contribution in [-0.2, 0) is 4.74 Å². The lowest BCUT2D eigenvalue weighted by atomic mass is 9.86. The van der Waals surface area contributed by atoms with Gasteiger partial charge in [-0.2, -0.15) is 5.26 Å². The van der Waals surface area contributed by atoms with Crippen LogP contribution in [0.25, 0.3) is 5.57 Å². The Kier molecular flexibility index (Phi) is 5.10. The molecule has 0 spiro atoms. The van der Waals surface area contributed by atoms with E-state index < -0.39 is 22.7 Å². The van der Waals surface area contributed by atoms with Gasteiger partial charge in [-0.15, -0.1) is 0 Å². The summed E-state index contributed by atoms with van der Waals surface area (Å²) >= 11 is 12.3. The van der Waals surface area contributed by atoms with Crippen molar-refractivity contribution in [2.45, 2.75) is 25.7 Å². The van der Waals surface area contributed by atoms with Crippen molar-refractivity contribution < 1.29 is 9.66 Å². The highest BCUT2D eigenvalue weighted by molar-refractivity contribution is 6.37. The number of hydrogen-bond donors (Lipinski definition) is 0. The molecule has 0 fully saturated rings. The highest BCUT2D eigenvalue weighted by atomic mass is 35.5. The normalized spacial score (nSPS) is 23.5. The van der Waals surface area contributed by atoms with Gasteiger partial charge in [0.1, 0.15) is 0 Å².